The van der Waals surface area contributed by atoms with Crippen LogP contribution >= 0.6 is 45.2 Å². The normalized spacial score (nSPS) is 10.1. The highest BCUT2D eigenvalue weighted by atomic mass is 127. The van der Waals surface area contributed by atoms with E-state index in [9.17, 15) is 4.79 Å². The van der Waals surface area contributed by atoms with Gasteiger partial charge in [0.05, 0.1) is 0 Å². The number of rotatable bonds is 2. The first-order chi connectivity index (χ1) is 7.66. The minimum absolute atomic E-state index is 0.0806. The zero-order valence-corrected chi connectivity index (χ0v) is 12.6. The van der Waals surface area contributed by atoms with E-state index in [1.807, 2.05) is 48.5 Å². The van der Waals surface area contributed by atoms with Crippen LogP contribution in [0.4, 0.5) is 0 Å². The molecule has 0 unspecified atom stereocenters. The van der Waals surface area contributed by atoms with Gasteiger partial charge in [-0.25, -0.2) is 0 Å². The number of carbonyl (C=O) groups excluding carboxylic acids is 1. The van der Waals surface area contributed by atoms with E-state index in [1.165, 1.54) is 0 Å². The molecule has 0 aliphatic carbocycles. The summed E-state index contributed by atoms with van der Waals surface area (Å²) in [4.78, 5) is 12.1. The SMILES string of the molecule is O=C(c1cccc(I)c1)c1cccc(I)c1. The second-order valence-corrected chi connectivity index (χ2v) is 5.84. The molecule has 0 saturated carbocycles. The van der Waals surface area contributed by atoms with Crippen LogP contribution in [0, 0.1) is 7.14 Å². The molecule has 0 atom stereocenters. The minimum atomic E-state index is 0.0806. The molecular formula is C13H8I2O. The molecule has 0 amide bonds. The fourth-order valence-electron chi connectivity index (χ4n) is 1.43. The van der Waals surface area contributed by atoms with Crippen LogP contribution in [0.3, 0.4) is 0 Å². The number of ketones is 1. The third kappa shape index (κ3) is 2.82. The average Bonchev–Trinajstić information content (AvgIpc) is 2.28. The van der Waals surface area contributed by atoms with Crippen LogP contribution in [0.1, 0.15) is 15.9 Å². The molecule has 2 aromatic rings. The van der Waals surface area contributed by atoms with E-state index >= 15 is 0 Å². The van der Waals surface area contributed by atoms with E-state index in [0.717, 1.165) is 18.3 Å². The van der Waals surface area contributed by atoms with Crippen LogP contribution in [0.2, 0.25) is 0 Å². The largest absolute Gasteiger partial charge is 0.289 e. The summed E-state index contributed by atoms with van der Waals surface area (Å²) in [5, 5.41) is 0. The molecule has 0 bridgehead atoms. The van der Waals surface area contributed by atoms with Crippen molar-refractivity contribution in [2.45, 2.75) is 0 Å². The molecule has 0 N–H and O–H groups in total. The number of carbonyl (C=O) groups is 1. The first-order valence-electron chi connectivity index (χ1n) is 4.72. The summed E-state index contributed by atoms with van der Waals surface area (Å²) < 4.78 is 2.16. The van der Waals surface area contributed by atoms with Crippen molar-refractivity contribution in [3.8, 4) is 0 Å². The van der Waals surface area contributed by atoms with Crippen LogP contribution in [0.25, 0.3) is 0 Å². The summed E-state index contributed by atoms with van der Waals surface area (Å²) in [6.45, 7) is 0. The second-order valence-electron chi connectivity index (χ2n) is 3.35. The Morgan fingerprint density at radius 2 is 1.25 bits per heavy atom. The highest BCUT2D eigenvalue weighted by Crippen LogP contribution is 2.15. The average molecular weight is 434 g/mol. The zero-order chi connectivity index (χ0) is 11.5. The summed E-state index contributed by atoms with van der Waals surface area (Å²) in [6, 6.07) is 15.3. The van der Waals surface area contributed by atoms with Gasteiger partial charge in [0.1, 0.15) is 0 Å². The monoisotopic (exact) mass is 434 g/mol. The Morgan fingerprint density at radius 1 is 0.812 bits per heavy atom. The van der Waals surface area contributed by atoms with Crippen molar-refractivity contribution < 1.29 is 4.79 Å². The van der Waals surface area contributed by atoms with Gasteiger partial charge in [0.15, 0.2) is 5.78 Å². The lowest BCUT2D eigenvalue weighted by molar-refractivity contribution is 0.103. The van der Waals surface area contributed by atoms with Crippen molar-refractivity contribution in [2.24, 2.45) is 0 Å². The van der Waals surface area contributed by atoms with Gasteiger partial charge in [0.2, 0.25) is 0 Å². The maximum Gasteiger partial charge on any atom is 0.193 e. The molecule has 0 aliphatic rings. The summed E-state index contributed by atoms with van der Waals surface area (Å²) in [5.74, 6) is 0.0806. The lowest BCUT2D eigenvalue weighted by atomic mass is 10.0. The Labute approximate surface area is 122 Å². The van der Waals surface area contributed by atoms with E-state index < -0.39 is 0 Å². The summed E-state index contributed by atoms with van der Waals surface area (Å²) in [7, 11) is 0. The number of benzene rings is 2. The lowest BCUT2D eigenvalue weighted by Gasteiger charge is -2.02. The van der Waals surface area contributed by atoms with Gasteiger partial charge in [0.25, 0.3) is 0 Å². The Morgan fingerprint density at radius 3 is 1.62 bits per heavy atom. The van der Waals surface area contributed by atoms with E-state index in [4.69, 9.17) is 0 Å². The molecule has 0 radical (unpaired) electrons. The number of hydrogen-bond donors (Lipinski definition) is 0. The van der Waals surface area contributed by atoms with Gasteiger partial charge >= 0.3 is 0 Å². The molecule has 3 heteroatoms. The smallest absolute Gasteiger partial charge is 0.193 e. The van der Waals surface area contributed by atoms with Crippen molar-refractivity contribution in [3.05, 3.63) is 66.8 Å². The fraction of sp³-hybridized carbons (Fsp3) is 0. The van der Waals surface area contributed by atoms with Gasteiger partial charge in [0, 0.05) is 18.3 Å². The Hall–Kier alpha value is -0.430. The molecule has 0 saturated heterocycles. The zero-order valence-electron chi connectivity index (χ0n) is 8.28. The molecule has 0 spiro atoms. The second kappa shape index (κ2) is 5.27. The minimum Gasteiger partial charge on any atom is -0.289 e. The molecule has 2 rings (SSSR count). The Bertz CT molecular complexity index is 487. The van der Waals surface area contributed by atoms with E-state index in [-0.39, 0.29) is 5.78 Å². The first kappa shape index (κ1) is 12.0. The van der Waals surface area contributed by atoms with Crippen LogP contribution in [-0.4, -0.2) is 5.78 Å². The molecule has 16 heavy (non-hydrogen) atoms. The molecule has 2 aromatic carbocycles. The molecule has 0 aliphatic heterocycles. The number of halogens is 2. The topological polar surface area (TPSA) is 17.1 Å². The standard InChI is InChI=1S/C13H8I2O/c14-11-5-1-3-9(7-11)13(16)10-4-2-6-12(15)8-10/h1-8H. The third-order valence-electron chi connectivity index (χ3n) is 2.17. The van der Waals surface area contributed by atoms with Crippen LogP contribution < -0.4 is 0 Å². The van der Waals surface area contributed by atoms with Crippen molar-refractivity contribution >= 4 is 51.0 Å². The van der Waals surface area contributed by atoms with Gasteiger partial charge in [-0.1, -0.05) is 24.3 Å². The van der Waals surface area contributed by atoms with Gasteiger partial charge < -0.3 is 0 Å². The van der Waals surface area contributed by atoms with Crippen molar-refractivity contribution in [1.29, 1.82) is 0 Å². The Kier molecular flexibility index (Phi) is 3.96. The van der Waals surface area contributed by atoms with E-state index in [2.05, 4.69) is 45.2 Å². The van der Waals surface area contributed by atoms with Crippen LogP contribution in [0.15, 0.2) is 48.5 Å². The predicted molar refractivity (Wildman–Crippen MR) is 81.8 cm³/mol. The van der Waals surface area contributed by atoms with Crippen molar-refractivity contribution in [2.75, 3.05) is 0 Å². The van der Waals surface area contributed by atoms with Crippen molar-refractivity contribution in [3.63, 3.8) is 0 Å². The number of hydrogen-bond acceptors (Lipinski definition) is 1. The summed E-state index contributed by atoms with van der Waals surface area (Å²) in [5.41, 5.74) is 1.49. The quantitative estimate of drug-likeness (QED) is 0.514. The van der Waals surface area contributed by atoms with E-state index in [0.29, 0.717) is 0 Å². The molecular weight excluding hydrogens is 426 g/mol. The van der Waals surface area contributed by atoms with Crippen molar-refractivity contribution in [1.82, 2.24) is 0 Å². The van der Waals surface area contributed by atoms with Gasteiger partial charge in [-0.05, 0) is 69.4 Å². The molecule has 0 fully saturated rings. The molecule has 80 valence electrons. The van der Waals surface area contributed by atoms with Gasteiger partial charge in [-0.2, -0.15) is 0 Å². The van der Waals surface area contributed by atoms with Crippen LogP contribution in [0.5, 0.6) is 0 Å². The van der Waals surface area contributed by atoms with Crippen LogP contribution in [-0.2, 0) is 0 Å². The van der Waals surface area contributed by atoms with E-state index in [1.54, 1.807) is 0 Å². The maximum absolute atomic E-state index is 12.1. The molecule has 1 nitrogen and oxygen atoms in total. The third-order valence-corrected chi connectivity index (χ3v) is 3.52. The fourth-order valence-corrected chi connectivity index (χ4v) is 2.51. The maximum atomic E-state index is 12.1. The summed E-state index contributed by atoms with van der Waals surface area (Å²) >= 11 is 4.42. The molecule has 0 aromatic heterocycles. The highest BCUT2D eigenvalue weighted by molar-refractivity contribution is 14.1. The first-order valence-corrected chi connectivity index (χ1v) is 6.88. The van der Waals surface area contributed by atoms with Gasteiger partial charge in [-0.15, -0.1) is 0 Å². The van der Waals surface area contributed by atoms with Gasteiger partial charge in [-0.3, -0.25) is 4.79 Å². The lowest BCUT2D eigenvalue weighted by Crippen LogP contribution is -2.01. The predicted octanol–water partition coefficient (Wildman–Crippen LogP) is 4.13. The summed E-state index contributed by atoms with van der Waals surface area (Å²) in [6.07, 6.45) is 0. The highest BCUT2D eigenvalue weighted by Gasteiger charge is 2.08. The molecule has 0 heterocycles. The Balaban J connectivity index is 2.39.